The van der Waals surface area contributed by atoms with Crippen molar-refractivity contribution in [3.05, 3.63) is 11.7 Å². The predicted octanol–water partition coefficient (Wildman–Crippen LogP) is 2.66. The van der Waals surface area contributed by atoms with Crippen molar-refractivity contribution in [2.24, 2.45) is 0 Å². The van der Waals surface area contributed by atoms with E-state index in [1.807, 2.05) is 6.92 Å². The summed E-state index contributed by atoms with van der Waals surface area (Å²) in [5.41, 5.74) is -0.458. The number of likely N-dealkylation sites (N-methyl/N-ethyl adjacent to an activating group) is 1. The standard InChI is InChI=1S/C14H27N3O2/c1-6-9-11(15-8-3)10-12-16-13(17-19-12)14(4,7-2)18-5/h11,15H,6-10H2,1-5H3. The summed E-state index contributed by atoms with van der Waals surface area (Å²) in [7, 11) is 1.68. The summed E-state index contributed by atoms with van der Waals surface area (Å²) >= 11 is 0. The number of nitrogens with zero attached hydrogens (tertiary/aromatic N) is 2. The molecule has 1 aromatic heterocycles. The molecule has 2 unspecified atom stereocenters. The second-order valence-corrected chi connectivity index (χ2v) is 5.05. The molecule has 1 heterocycles. The SMILES string of the molecule is CCCC(Cc1nc(C(C)(CC)OC)no1)NCC. The summed E-state index contributed by atoms with van der Waals surface area (Å²) in [6.07, 6.45) is 3.84. The van der Waals surface area contributed by atoms with Crippen molar-refractivity contribution < 1.29 is 9.26 Å². The van der Waals surface area contributed by atoms with E-state index in [-0.39, 0.29) is 0 Å². The Labute approximate surface area is 116 Å². The third-order valence-electron chi connectivity index (χ3n) is 3.62. The van der Waals surface area contributed by atoms with Crippen LogP contribution >= 0.6 is 0 Å². The third-order valence-corrected chi connectivity index (χ3v) is 3.62. The summed E-state index contributed by atoms with van der Waals surface area (Å²) in [5.74, 6) is 1.32. The molecule has 5 heteroatoms. The Morgan fingerprint density at radius 1 is 1.37 bits per heavy atom. The van der Waals surface area contributed by atoms with Gasteiger partial charge in [0.2, 0.25) is 11.7 Å². The minimum Gasteiger partial charge on any atom is -0.370 e. The monoisotopic (exact) mass is 269 g/mol. The van der Waals surface area contributed by atoms with Gasteiger partial charge in [-0.25, -0.2) is 0 Å². The van der Waals surface area contributed by atoms with Crippen LogP contribution in [-0.4, -0.2) is 29.8 Å². The topological polar surface area (TPSA) is 60.2 Å². The Bertz CT molecular complexity index is 355. The van der Waals surface area contributed by atoms with Crippen LogP contribution < -0.4 is 5.32 Å². The first-order valence-electron chi connectivity index (χ1n) is 7.21. The number of hydrogen-bond acceptors (Lipinski definition) is 5. The summed E-state index contributed by atoms with van der Waals surface area (Å²) in [6, 6.07) is 0.402. The lowest BCUT2D eigenvalue weighted by Gasteiger charge is -2.21. The molecular weight excluding hydrogens is 242 g/mol. The Balaban J connectivity index is 2.73. The molecular formula is C14H27N3O2. The van der Waals surface area contributed by atoms with E-state index in [1.54, 1.807) is 7.11 Å². The van der Waals surface area contributed by atoms with Crippen LogP contribution in [0.2, 0.25) is 0 Å². The Hall–Kier alpha value is -0.940. The van der Waals surface area contributed by atoms with Gasteiger partial charge in [-0.3, -0.25) is 0 Å². The zero-order chi connectivity index (χ0) is 14.3. The second kappa shape index (κ2) is 7.60. The molecule has 0 radical (unpaired) electrons. The number of nitrogens with one attached hydrogen (secondary N) is 1. The zero-order valence-electron chi connectivity index (χ0n) is 12.8. The first kappa shape index (κ1) is 16.1. The fourth-order valence-electron chi connectivity index (χ4n) is 2.07. The largest absolute Gasteiger partial charge is 0.370 e. The van der Waals surface area contributed by atoms with Crippen molar-refractivity contribution in [3.63, 3.8) is 0 Å². The van der Waals surface area contributed by atoms with E-state index in [0.29, 0.717) is 17.8 Å². The van der Waals surface area contributed by atoms with Gasteiger partial charge in [-0.1, -0.05) is 32.3 Å². The molecule has 19 heavy (non-hydrogen) atoms. The number of aromatic nitrogens is 2. The molecule has 0 spiro atoms. The Kier molecular flexibility index (Phi) is 6.45. The fraction of sp³-hybridized carbons (Fsp3) is 0.857. The molecule has 0 aliphatic rings. The molecule has 1 rings (SSSR count). The van der Waals surface area contributed by atoms with E-state index in [0.717, 1.165) is 32.2 Å². The highest BCUT2D eigenvalue weighted by atomic mass is 16.5. The summed E-state index contributed by atoms with van der Waals surface area (Å²) in [6.45, 7) is 9.29. The van der Waals surface area contributed by atoms with Crippen molar-refractivity contribution >= 4 is 0 Å². The van der Waals surface area contributed by atoms with Gasteiger partial charge in [0.15, 0.2) is 0 Å². The molecule has 0 fully saturated rings. The molecule has 0 aromatic carbocycles. The molecule has 110 valence electrons. The van der Waals surface area contributed by atoms with Crippen molar-refractivity contribution in [3.8, 4) is 0 Å². The van der Waals surface area contributed by atoms with E-state index in [9.17, 15) is 0 Å². The van der Waals surface area contributed by atoms with Gasteiger partial charge in [-0.15, -0.1) is 0 Å². The molecule has 0 bridgehead atoms. The van der Waals surface area contributed by atoms with Crippen LogP contribution in [0.5, 0.6) is 0 Å². The van der Waals surface area contributed by atoms with Gasteiger partial charge in [0.05, 0.1) is 0 Å². The maximum Gasteiger partial charge on any atom is 0.228 e. The lowest BCUT2D eigenvalue weighted by molar-refractivity contribution is -0.0106. The van der Waals surface area contributed by atoms with Crippen LogP contribution in [0.3, 0.4) is 0 Å². The van der Waals surface area contributed by atoms with Gasteiger partial charge in [0.25, 0.3) is 0 Å². The van der Waals surface area contributed by atoms with Gasteiger partial charge in [-0.05, 0) is 26.3 Å². The molecule has 1 aromatic rings. The first-order chi connectivity index (χ1) is 9.09. The van der Waals surface area contributed by atoms with E-state index in [4.69, 9.17) is 9.26 Å². The van der Waals surface area contributed by atoms with E-state index >= 15 is 0 Å². The number of methoxy groups -OCH3 is 1. The van der Waals surface area contributed by atoms with Gasteiger partial charge < -0.3 is 14.6 Å². The van der Waals surface area contributed by atoms with Gasteiger partial charge in [-0.2, -0.15) is 4.98 Å². The van der Waals surface area contributed by atoms with Gasteiger partial charge in [0.1, 0.15) is 5.60 Å². The van der Waals surface area contributed by atoms with Crippen LogP contribution in [0, 0.1) is 0 Å². The zero-order valence-corrected chi connectivity index (χ0v) is 12.8. The fourth-order valence-corrected chi connectivity index (χ4v) is 2.07. The van der Waals surface area contributed by atoms with E-state index in [1.165, 1.54) is 0 Å². The summed E-state index contributed by atoms with van der Waals surface area (Å²) in [4.78, 5) is 4.49. The summed E-state index contributed by atoms with van der Waals surface area (Å²) < 4.78 is 10.8. The smallest absolute Gasteiger partial charge is 0.228 e. The quantitative estimate of drug-likeness (QED) is 0.747. The average Bonchev–Trinajstić information content (AvgIpc) is 2.87. The lowest BCUT2D eigenvalue weighted by Crippen LogP contribution is -2.31. The second-order valence-electron chi connectivity index (χ2n) is 5.05. The molecule has 5 nitrogen and oxygen atoms in total. The van der Waals surface area contributed by atoms with Gasteiger partial charge >= 0.3 is 0 Å². The van der Waals surface area contributed by atoms with E-state index in [2.05, 4.69) is 36.2 Å². The van der Waals surface area contributed by atoms with Crippen LogP contribution in [0.25, 0.3) is 0 Å². The third kappa shape index (κ3) is 4.28. The number of ether oxygens (including phenoxy) is 1. The number of hydrogen-bond donors (Lipinski definition) is 1. The normalized spacial score (nSPS) is 16.3. The molecule has 0 aliphatic heterocycles. The maximum absolute atomic E-state index is 5.49. The van der Waals surface area contributed by atoms with Gasteiger partial charge in [0, 0.05) is 19.6 Å². The molecule has 0 aliphatic carbocycles. The molecule has 0 saturated heterocycles. The predicted molar refractivity (Wildman–Crippen MR) is 75.0 cm³/mol. The van der Waals surface area contributed by atoms with Crippen molar-refractivity contribution in [1.82, 2.24) is 15.5 Å². The van der Waals surface area contributed by atoms with Crippen molar-refractivity contribution in [2.45, 2.75) is 65.0 Å². The Morgan fingerprint density at radius 3 is 2.63 bits per heavy atom. The molecule has 1 N–H and O–H groups in total. The average molecular weight is 269 g/mol. The van der Waals surface area contributed by atoms with Crippen LogP contribution in [-0.2, 0) is 16.8 Å². The highest BCUT2D eigenvalue weighted by molar-refractivity contribution is 5.00. The molecule has 0 amide bonds. The lowest BCUT2D eigenvalue weighted by atomic mass is 10.0. The van der Waals surface area contributed by atoms with Crippen molar-refractivity contribution in [1.29, 1.82) is 0 Å². The minimum atomic E-state index is -0.458. The van der Waals surface area contributed by atoms with Crippen LogP contribution in [0.15, 0.2) is 4.52 Å². The first-order valence-corrected chi connectivity index (χ1v) is 7.21. The molecule has 0 saturated carbocycles. The maximum atomic E-state index is 5.49. The van der Waals surface area contributed by atoms with Crippen molar-refractivity contribution in [2.75, 3.05) is 13.7 Å². The van der Waals surface area contributed by atoms with E-state index < -0.39 is 5.60 Å². The molecule has 2 atom stereocenters. The number of rotatable bonds is 9. The highest BCUT2D eigenvalue weighted by Gasteiger charge is 2.30. The minimum absolute atomic E-state index is 0.402. The van der Waals surface area contributed by atoms with Crippen LogP contribution in [0.4, 0.5) is 0 Å². The Morgan fingerprint density at radius 2 is 2.11 bits per heavy atom. The summed E-state index contributed by atoms with van der Waals surface area (Å²) in [5, 5.41) is 7.51. The highest BCUT2D eigenvalue weighted by Crippen LogP contribution is 2.25. The van der Waals surface area contributed by atoms with Crippen LogP contribution in [0.1, 0.15) is 58.7 Å².